The van der Waals surface area contributed by atoms with Gasteiger partial charge < -0.3 is 10.5 Å². The van der Waals surface area contributed by atoms with Gasteiger partial charge in [-0.2, -0.15) is 5.26 Å². The summed E-state index contributed by atoms with van der Waals surface area (Å²) in [6.45, 7) is 0. The van der Waals surface area contributed by atoms with Crippen LogP contribution in [0.25, 0.3) is 0 Å². The molecule has 0 aliphatic carbocycles. The molecule has 0 atom stereocenters. The van der Waals surface area contributed by atoms with E-state index < -0.39 is 23.6 Å². The van der Waals surface area contributed by atoms with E-state index in [0.29, 0.717) is 0 Å². The molecule has 0 unspecified atom stereocenters. The molecule has 2 N–H and O–H groups in total. The molecular weight excluding hydrogens is 227 g/mol. The highest BCUT2D eigenvalue weighted by atomic mass is 19.4. The molecule has 0 amide bonds. The molecule has 0 bridgehead atoms. The third-order valence-corrected chi connectivity index (χ3v) is 1.49. The molecular formula is C8H4F3N3O2. The number of aldehydes is 1. The third kappa shape index (κ3) is 2.60. The smallest absolute Gasteiger partial charge is 0.394 e. The van der Waals surface area contributed by atoms with Crippen LogP contribution in [-0.2, 0) is 0 Å². The van der Waals surface area contributed by atoms with Crippen LogP contribution in [0.3, 0.4) is 0 Å². The first-order chi connectivity index (χ1) is 7.37. The Morgan fingerprint density at radius 3 is 2.62 bits per heavy atom. The standard InChI is InChI=1S/C8H4F3N3O2/c9-8(10,11)16-7-5(13)1-4(2-12)6(3-15)14-7/h1,3H,13H2. The number of hydrogen-bond donors (Lipinski definition) is 1. The molecule has 16 heavy (non-hydrogen) atoms. The number of anilines is 1. The average Bonchev–Trinajstić information content (AvgIpc) is 2.18. The number of nitrogens with zero attached hydrogens (tertiary/aromatic N) is 2. The van der Waals surface area contributed by atoms with E-state index in [1.165, 1.54) is 0 Å². The highest BCUT2D eigenvalue weighted by Gasteiger charge is 2.33. The van der Waals surface area contributed by atoms with Crippen molar-refractivity contribution < 1.29 is 22.7 Å². The Labute approximate surface area is 87.3 Å². The largest absolute Gasteiger partial charge is 0.574 e. The predicted octanol–water partition coefficient (Wildman–Crippen LogP) is 1.25. The summed E-state index contributed by atoms with van der Waals surface area (Å²) in [5.41, 5.74) is 4.02. The number of rotatable bonds is 2. The van der Waals surface area contributed by atoms with Crippen molar-refractivity contribution in [2.75, 3.05) is 5.73 Å². The zero-order valence-electron chi connectivity index (χ0n) is 7.58. The fourth-order valence-corrected chi connectivity index (χ4v) is 0.896. The van der Waals surface area contributed by atoms with E-state index in [-0.39, 0.29) is 11.8 Å². The number of alkyl halides is 3. The molecule has 0 saturated heterocycles. The summed E-state index contributed by atoms with van der Waals surface area (Å²) < 4.78 is 39.1. The Hall–Kier alpha value is -2.30. The van der Waals surface area contributed by atoms with Crippen molar-refractivity contribution in [3.05, 3.63) is 17.3 Å². The van der Waals surface area contributed by atoms with Crippen LogP contribution in [0.5, 0.6) is 5.88 Å². The van der Waals surface area contributed by atoms with E-state index in [1.54, 1.807) is 6.07 Å². The third-order valence-electron chi connectivity index (χ3n) is 1.49. The van der Waals surface area contributed by atoms with Gasteiger partial charge >= 0.3 is 6.36 Å². The normalized spacial score (nSPS) is 10.6. The van der Waals surface area contributed by atoms with Crippen LogP contribution < -0.4 is 10.5 Å². The van der Waals surface area contributed by atoms with Crippen LogP contribution >= 0.6 is 0 Å². The van der Waals surface area contributed by atoms with Gasteiger partial charge in [-0.05, 0) is 6.07 Å². The maximum atomic E-state index is 11.9. The molecule has 1 heterocycles. The molecule has 0 radical (unpaired) electrons. The van der Waals surface area contributed by atoms with Crippen molar-refractivity contribution in [2.45, 2.75) is 6.36 Å². The Morgan fingerprint density at radius 1 is 1.56 bits per heavy atom. The number of hydrogen-bond acceptors (Lipinski definition) is 5. The molecule has 0 aliphatic heterocycles. The molecule has 8 heteroatoms. The minimum atomic E-state index is -4.96. The van der Waals surface area contributed by atoms with Crippen LogP contribution in [0.2, 0.25) is 0 Å². The van der Waals surface area contributed by atoms with Crippen molar-refractivity contribution in [2.24, 2.45) is 0 Å². The first-order valence-corrected chi connectivity index (χ1v) is 3.79. The summed E-state index contributed by atoms with van der Waals surface area (Å²) in [6.07, 6.45) is -4.82. The van der Waals surface area contributed by atoms with Crippen molar-refractivity contribution in [1.82, 2.24) is 4.98 Å². The molecule has 84 valence electrons. The fourth-order valence-electron chi connectivity index (χ4n) is 0.896. The van der Waals surface area contributed by atoms with Gasteiger partial charge in [-0.1, -0.05) is 0 Å². The van der Waals surface area contributed by atoms with Crippen LogP contribution in [0.4, 0.5) is 18.9 Å². The highest BCUT2D eigenvalue weighted by molar-refractivity contribution is 5.78. The second-order valence-electron chi connectivity index (χ2n) is 2.59. The number of nitrogens with two attached hydrogens (primary N) is 1. The van der Waals surface area contributed by atoms with Gasteiger partial charge in [0, 0.05) is 0 Å². The van der Waals surface area contributed by atoms with Gasteiger partial charge in [-0.3, -0.25) is 4.79 Å². The lowest BCUT2D eigenvalue weighted by molar-refractivity contribution is -0.275. The second kappa shape index (κ2) is 4.06. The second-order valence-corrected chi connectivity index (χ2v) is 2.59. The summed E-state index contributed by atoms with van der Waals surface area (Å²) in [5.74, 6) is -0.950. The Morgan fingerprint density at radius 2 is 2.19 bits per heavy atom. The zero-order valence-corrected chi connectivity index (χ0v) is 7.58. The maximum Gasteiger partial charge on any atom is 0.574 e. The molecule has 0 saturated carbocycles. The Kier molecular flexibility index (Phi) is 2.99. The van der Waals surface area contributed by atoms with Crippen LogP contribution in [-0.4, -0.2) is 17.6 Å². The molecule has 1 aromatic heterocycles. The lowest BCUT2D eigenvalue weighted by Crippen LogP contribution is -2.19. The van der Waals surface area contributed by atoms with Gasteiger partial charge in [0.05, 0.1) is 11.3 Å². The summed E-state index contributed by atoms with van der Waals surface area (Å²) >= 11 is 0. The number of carbonyl (C=O) groups is 1. The van der Waals surface area contributed by atoms with Gasteiger partial charge in [0.1, 0.15) is 11.8 Å². The van der Waals surface area contributed by atoms with Crippen LogP contribution in [0.1, 0.15) is 16.1 Å². The van der Waals surface area contributed by atoms with Gasteiger partial charge in [0.25, 0.3) is 0 Å². The number of carbonyl (C=O) groups excluding carboxylic acids is 1. The number of nitrogen functional groups attached to an aromatic ring is 1. The average molecular weight is 231 g/mol. The van der Waals surface area contributed by atoms with E-state index in [0.717, 1.165) is 6.07 Å². The number of pyridine rings is 1. The maximum absolute atomic E-state index is 11.9. The van der Waals surface area contributed by atoms with Crippen LogP contribution in [0.15, 0.2) is 6.07 Å². The first kappa shape index (κ1) is 11.8. The summed E-state index contributed by atoms with van der Waals surface area (Å²) in [4.78, 5) is 13.6. The van der Waals surface area contributed by atoms with E-state index in [9.17, 15) is 18.0 Å². The number of halogens is 3. The van der Waals surface area contributed by atoms with Crippen molar-refractivity contribution in [3.63, 3.8) is 0 Å². The summed E-state index contributed by atoms with van der Waals surface area (Å²) in [5, 5.41) is 8.53. The van der Waals surface area contributed by atoms with Gasteiger partial charge in [0.15, 0.2) is 6.29 Å². The molecule has 5 nitrogen and oxygen atoms in total. The Balaban J connectivity index is 3.23. The molecule has 0 aliphatic rings. The first-order valence-electron chi connectivity index (χ1n) is 3.79. The minimum Gasteiger partial charge on any atom is -0.394 e. The molecule has 0 fully saturated rings. The predicted molar refractivity (Wildman–Crippen MR) is 45.4 cm³/mol. The van der Waals surface area contributed by atoms with Crippen molar-refractivity contribution in [1.29, 1.82) is 5.26 Å². The minimum absolute atomic E-state index is 0.140. The Bertz CT molecular complexity index is 465. The molecule has 0 aromatic carbocycles. The van der Waals surface area contributed by atoms with E-state index in [4.69, 9.17) is 11.0 Å². The molecule has 1 rings (SSSR count). The SMILES string of the molecule is N#Cc1cc(N)c(OC(F)(F)F)nc1C=O. The van der Waals surface area contributed by atoms with E-state index in [1.807, 2.05) is 0 Å². The fraction of sp³-hybridized carbons (Fsp3) is 0.125. The van der Waals surface area contributed by atoms with Gasteiger partial charge in [-0.15, -0.1) is 13.2 Å². The lowest BCUT2D eigenvalue weighted by Gasteiger charge is -2.10. The van der Waals surface area contributed by atoms with Crippen molar-refractivity contribution >= 4 is 12.0 Å². The zero-order chi connectivity index (χ0) is 12.3. The summed E-state index contributed by atoms with van der Waals surface area (Å²) in [7, 11) is 0. The molecule has 0 spiro atoms. The van der Waals surface area contributed by atoms with E-state index in [2.05, 4.69) is 9.72 Å². The number of ether oxygens (including phenoxy) is 1. The number of aromatic nitrogens is 1. The van der Waals surface area contributed by atoms with Crippen LogP contribution in [0, 0.1) is 11.3 Å². The quantitative estimate of drug-likeness (QED) is 0.773. The lowest BCUT2D eigenvalue weighted by atomic mass is 10.2. The van der Waals surface area contributed by atoms with Gasteiger partial charge in [0.2, 0.25) is 5.88 Å². The topological polar surface area (TPSA) is 89.0 Å². The van der Waals surface area contributed by atoms with E-state index >= 15 is 0 Å². The summed E-state index contributed by atoms with van der Waals surface area (Å²) in [6, 6.07) is 2.45. The van der Waals surface area contributed by atoms with Crippen molar-refractivity contribution in [3.8, 4) is 11.9 Å². The highest BCUT2D eigenvalue weighted by Crippen LogP contribution is 2.27. The van der Waals surface area contributed by atoms with Gasteiger partial charge in [-0.25, -0.2) is 4.98 Å². The monoisotopic (exact) mass is 231 g/mol. The number of nitriles is 1. The molecule has 1 aromatic rings.